The van der Waals surface area contributed by atoms with Crippen LogP contribution in [0.5, 0.6) is 5.75 Å². The molecule has 7 atom stereocenters. The van der Waals surface area contributed by atoms with Gasteiger partial charge in [-0.05, 0) is 68.5 Å². The molecule has 3 aliphatic rings. The Bertz CT molecular complexity index is 1340. The fourth-order valence-corrected chi connectivity index (χ4v) is 7.32. The van der Waals surface area contributed by atoms with Crippen LogP contribution in [-0.4, -0.2) is 64.2 Å². The monoisotopic (exact) mass is 583 g/mol. The molecule has 0 saturated carbocycles. The fourth-order valence-electron chi connectivity index (χ4n) is 7.14. The Morgan fingerprint density at radius 2 is 1.83 bits per heavy atom. The van der Waals surface area contributed by atoms with E-state index in [-0.39, 0.29) is 30.3 Å². The standard InChI is InChI=1S/C31H38ClN3O6/c1-6-40-20-13-11-19(12-14-20)33-27(37)24-25-29(39)35(23(16-36)17(2)3)26(31(25)15-18(4)30(24,5)41-31)28(38)34-22-10-8-7-9-21(22)32/h7-14,17-18,23-26,36H,6,15-16H2,1-5H3,(H,33,37)(H,34,38)/t18?,23-,24-,25-,26?,30+,31?/m0/s1. The summed E-state index contributed by atoms with van der Waals surface area (Å²) in [5.41, 5.74) is -1.25. The van der Waals surface area contributed by atoms with E-state index in [0.717, 1.165) is 0 Å². The Labute approximate surface area is 245 Å². The zero-order valence-electron chi connectivity index (χ0n) is 24.0. The second-order valence-electron chi connectivity index (χ2n) is 11.9. The van der Waals surface area contributed by atoms with E-state index in [4.69, 9.17) is 21.1 Å². The van der Waals surface area contributed by atoms with Crippen molar-refractivity contribution < 1.29 is 29.0 Å². The lowest BCUT2D eigenvalue weighted by Gasteiger charge is -2.38. The van der Waals surface area contributed by atoms with Crippen molar-refractivity contribution in [1.82, 2.24) is 4.90 Å². The number of amides is 3. The first kappa shape index (κ1) is 29.4. The van der Waals surface area contributed by atoms with Gasteiger partial charge in [-0.25, -0.2) is 0 Å². The Balaban J connectivity index is 1.54. The molecule has 0 aromatic heterocycles. The molecule has 2 aromatic rings. The summed E-state index contributed by atoms with van der Waals surface area (Å²) in [6.07, 6.45) is 0.417. The fraction of sp³-hybridized carbons (Fsp3) is 0.516. The van der Waals surface area contributed by atoms with Crippen LogP contribution in [0.1, 0.15) is 41.0 Å². The van der Waals surface area contributed by atoms with Gasteiger partial charge in [0.1, 0.15) is 17.4 Å². The highest BCUT2D eigenvalue weighted by Crippen LogP contribution is 2.65. The molecule has 2 aromatic carbocycles. The van der Waals surface area contributed by atoms with Gasteiger partial charge in [0.05, 0.1) is 47.4 Å². The van der Waals surface area contributed by atoms with E-state index in [9.17, 15) is 19.5 Å². The first-order chi connectivity index (χ1) is 19.5. The summed E-state index contributed by atoms with van der Waals surface area (Å²) in [5, 5.41) is 16.6. The highest BCUT2D eigenvalue weighted by atomic mass is 35.5. The summed E-state index contributed by atoms with van der Waals surface area (Å²) in [4.78, 5) is 43.9. The normalized spacial score (nSPS) is 30.8. The SMILES string of the molecule is CCOc1ccc(NC(=O)[C@@H]2[C@H]3C(=O)N([C@@H](CO)C(C)C)C(C(=O)Nc4ccccc4Cl)C34CC(C)[C@@]2(C)O4)cc1. The number of aliphatic hydroxyl groups excluding tert-OH is 1. The number of nitrogens with one attached hydrogen (secondary N) is 2. The molecule has 3 unspecified atom stereocenters. The smallest absolute Gasteiger partial charge is 0.250 e. The van der Waals surface area contributed by atoms with Gasteiger partial charge in [0.25, 0.3) is 0 Å². The molecule has 220 valence electrons. The molecular formula is C31H38ClN3O6. The van der Waals surface area contributed by atoms with Gasteiger partial charge >= 0.3 is 0 Å². The second kappa shape index (κ2) is 10.9. The van der Waals surface area contributed by atoms with Crippen LogP contribution < -0.4 is 15.4 Å². The van der Waals surface area contributed by atoms with Crippen LogP contribution in [0.4, 0.5) is 11.4 Å². The molecule has 3 N–H and O–H groups in total. The van der Waals surface area contributed by atoms with Crippen LogP contribution in [0.2, 0.25) is 5.02 Å². The van der Waals surface area contributed by atoms with Crippen LogP contribution in [0.15, 0.2) is 48.5 Å². The average Bonchev–Trinajstić information content (AvgIpc) is 3.44. The van der Waals surface area contributed by atoms with Crippen molar-refractivity contribution in [3.8, 4) is 5.75 Å². The number of likely N-dealkylation sites (tertiary alicyclic amines) is 1. The van der Waals surface area contributed by atoms with Gasteiger partial charge < -0.3 is 30.1 Å². The summed E-state index contributed by atoms with van der Waals surface area (Å²) in [6.45, 7) is 9.72. The average molecular weight is 584 g/mol. The van der Waals surface area contributed by atoms with Gasteiger partial charge in [-0.1, -0.05) is 44.5 Å². The maximum absolute atomic E-state index is 14.4. The molecule has 9 nitrogen and oxygen atoms in total. The first-order valence-electron chi connectivity index (χ1n) is 14.2. The van der Waals surface area contributed by atoms with Crippen LogP contribution in [0.25, 0.3) is 0 Å². The third kappa shape index (κ3) is 4.68. The van der Waals surface area contributed by atoms with E-state index in [1.54, 1.807) is 48.5 Å². The minimum Gasteiger partial charge on any atom is -0.494 e. The first-order valence-corrected chi connectivity index (χ1v) is 14.6. The van der Waals surface area contributed by atoms with Gasteiger partial charge in [-0.2, -0.15) is 0 Å². The van der Waals surface area contributed by atoms with Gasteiger partial charge in [-0.15, -0.1) is 0 Å². The third-order valence-electron chi connectivity index (χ3n) is 9.16. The zero-order valence-corrected chi connectivity index (χ0v) is 24.8. The van der Waals surface area contributed by atoms with E-state index < -0.39 is 41.0 Å². The number of hydrogen-bond donors (Lipinski definition) is 3. The number of para-hydroxylation sites is 1. The van der Waals surface area contributed by atoms with Crippen molar-refractivity contribution in [2.45, 2.75) is 64.3 Å². The lowest BCUT2D eigenvalue weighted by molar-refractivity contribution is -0.149. The molecule has 3 fully saturated rings. The van der Waals surface area contributed by atoms with Gasteiger partial charge in [0.2, 0.25) is 17.7 Å². The molecular weight excluding hydrogens is 546 g/mol. The molecule has 3 amide bonds. The Morgan fingerprint density at radius 1 is 1.15 bits per heavy atom. The van der Waals surface area contributed by atoms with Crippen molar-refractivity contribution in [1.29, 1.82) is 0 Å². The number of ether oxygens (including phenoxy) is 2. The van der Waals surface area contributed by atoms with Gasteiger partial charge in [0, 0.05) is 5.69 Å². The van der Waals surface area contributed by atoms with Gasteiger partial charge in [-0.3, -0.25) is 14.4 Å². The number of benzene rings is 2. The molecule has 5 rings (SSSR count). The quantitative estimate of drug-likeness (QED) is 0.404. The number of rotatable bonds is 9. The number of hydrogen-bond acceptors (Lipinski definition) is 6. The minimum absolute atomic E-state index is 0.121. The van der Waals surface area contributed by atoms with Crippen molar-refractivity contribution in [2.75, 3.05) is 23.8 Å². The second-order valence-corrected chi connectivity index (χ2v) is 12.3. The molecule has 10 heteroatoms. The van der Waals surface area contributed by atoms with Crippen LogP contribution in [-0.2, 0) is 19.1 Å². The lowest BCUT2D eigenvalue weighted by Crippen LogP contribution is -2.57. The summed E-state index contributed by atoms with van der Waals surface area (Å²) in [7, 11) is 0. The van der Waals surface area contributed by atoms with Crippen LogP contribution in [0.3, 0.4) is 0 Å². The van der Waals surface area contributed by atoms with E-state index in [2.05, 4.69) is 10.6 Å². The van der Waals surface area contributed by atoms with Crippen molar-refractivity contribution in [2.24, 2.45) is 23.7 Å². The molecule has 1 spiro atoms. The Morgan fingerprint density at radius 3 is 2.44 bits per heavy atom. The predicted molar refractivity (Wildman–Crippen MR) is 156 cm³/mol. The molecule has 0 aliphatic carbocycles. The van der Waals surface area contributed by atoms with E-state index >= 15 is 0 Å². The number of carbonyl (C=O) groups is 3. The molecule has 2 bridgehead atoms. The topological polar surface area (TPSA) is 117 Å². The van der Waals surface area contributed by atoms with Crippen molar-refractivity contribution in [3.63, 3.8) is 0 Å². The Hall–Kier alpha value is -3.14. The largest absolute Gasteiger partial charge is 0.494 e. The summed E-state index contributed by atoms with van der Waals surface area (Å²) >= 11 is 6.36. The zero-order chi connectivity index (χ0) is 29.7. The molecule has 41 heavy (non-hydrogen) atoms. The summed E-state index contributed by atoms with van der Waals surface area (Å²) < 4.78 is 12.3. The van der Waals surface area contributed by atoms with Crippen LogP contribution >= 0.6 is 11.6 Å². The van der Waals surface area contributed by atoms with Crippen LogP contribution in [0, 0.1) is 23.7 Å². The molecule has 3 aliphatic heterocycles. The van der Waals surface area contributed by atoms with E-state index in [1.807, 2.05) is 34.6 Å². The highest BCUT2D eigenvalue weighted by Gasteiger charge is 2.80. The van der Waals surface area contributed by atoms with E-state index in [1.165, 1.54) is 4.90 Å². The molecule has 0 radical (unpaired) electrons. The van der Waals surface area contributed by atoms with Crippen molar-refractivity contribution >= 4 is 40.7 Å². The summed E-state index contributed by atoms with van der Waals surface area (Å²) in [5.74, 6) is -2.51. The molecule has 3 saturated heterocycles. The number of anilines is 2. The maximum Gasteiger partial charge on any atom is 0.250 e. The van der Waals surface area contributed by atoms with Gasteiger partial charge in [0.15, 0.2) is 0 Å². The Kier molecular flexibility index (Phi) is 7.82. The number of fused-ring (bicyclic) bond motifs is 1. The minimum atomic E-state index is -1.25. The number of aliphatic hydroxyl groups is 1. The van der Waals surface area contributed by atoms with Crippen molar-refractivity contribution in [3.05, 3.63) is 53.6 Å². The number of halogens is 1. The number of carbonyl (C=O) groups excluding carboxylic acids is 3. The molecule has 3 heterocycles. The lowest BCUT2D eigenvalue weighted by atomic mass is 9.62. The number of nitrogens with zero attached hydrogens (tertiary/aromatic N) is 1. The van der Waals surface area contributed by atoms with E-state index in [0.29, 0.717) is 35.2 Å². The summed E-state index contributed by atoms with van der Waals surface area (Å²) in [6, 6.07) is 12.2. The highest BCUT2D eigenvalue weighted by molar-refractivity contribution is 6.33. The third-order valence-corrected chi connectivity index (χ3v) is 9.49. The predicted octanol–water partition coefficient (Wildman–Crippen LogP) is 4.34. The maximum atomic E-state index is 14.4.